The SMILES string of the molecule is COC1C/C(=C(\F)C(=O)O)C12CCC2. The van der Waals surface area contributed by atoms with Gasteiger partial charge in [0.15, 0.2) is 0 Å². The quantitative estimate of drug-likeness (QED) is 0.692. The Morgan fingerprint density at radius 2 is 2.29 bits per heavy atom. The van der Waals surface area contributed by atoms with Gasteiger partial charge in [-0.15, -0.1) is 0 Å². The Morgan fingerprint density at radius 3 is 2.64 bits per heavy atom. The molecule has 3 nitrogen and oxygen atoms in total. The lowest BCUT2D eigenvalue weighted by atomic mass is 9.51. The number of aliphatic carboxylic acids is 1. The summed E-state index contributed by atoms with van der Waals surface area (Å²) in [5, 5.41) is 8.55. The minimum absolute atomic E-state index is 0.0244. The molecule has 2 aliphatic rings. The van der Waals surface area contributed by atoms with Crippen molar-refractivity contribution in [3.8, 4) is 0 Å². The molecule has 2 rings (SSSR count). The Morgan fingerprint density at radius 1 is 1.64 bits per heavy atom. The minimum Gasteiger partial charge on any atom is -0.476 e. The van der Waals surface area contributed by atoms with Crippen molar-refractivity contribution >= 4 is 5.97 Å². The molecule has 0 bridgehead atoms. The van der Waals surface area contributed by atoms with Crippen LogP contribution in [0.5, 0.6) is 0 Å². The molecule has 2 saturated carbocycles. The molecule has 1 atom stereocenters. The number of hydrogen-bond donors (Lipinski definition) is 1. The third-order valence-electron chi connectivity index (χ3n) is 3.59. The van der Waals surface area contributed by atoms with E-state index in [-0.39, 0.29) is 11.5 Å². The zero-order valence-corrected chi connectivity index (χ0v) is 8.05. The van der Waals surface area contributed by atoms with Crippen LogP contribution in [0, 0.1) is 5.41 Å². The second-order valence-corrected chi connectivity index (χ2v) is 4.04. The molecule has 14 heavy (non-hydrogen) atoms. The molecule has 0 saturated heterocycles. The zero-order valence-electron chi connectivity index (χ0n) is 8.05. The maximum absolute atomic E-state index is 13.2. The summed E-state index contributed by atoms with van der Waals surface area (Å²) in [4.78, 5) is 10.5. The van der Waals surface area contributed by atoms with E-state index in [0.29, 0.717) is 12.0 Å². The molecular formula is C10H13FO3. The van der Waals surface area contributed by atoms with Crippen LogP contribution in [0.2, 0.25) is 0 Å². The third kappa shape index (κ3) is 1.03. The Hall–Kier alpha value is -0.900. The van der Waals surface area contributed by atoms with Crippen molar-refractivity contribution in [2.24, 2.45) is 5.41 Å². The molecule has 1 unspecified atom stereocenters. The summed E-state index contributed by atoms with van der Waals surface area (Å²) in [7, 11) is 1.60. The number of carbonyl (C=O) groups is 1. The first-order valence-electron chi connectivity index (χ1n) is 4.77. The van der Waals surface area contributed by atoms with Crippen LogP contribution in [-0.2, 0) is 9.53 Å². The smallest absolute Gasteiger partial charge is 0.364 e. The average molecular weight is 200 g/mol. The third-order valence-corrected chi connectivity index (χ3v) is 3.59. The summed E-state index contributed by atoms with van der Waals surface area (Å²) in [5.74, 6) is -2.40. The lowest BCUT2D eigenvalue weighted by Gasteiger charge is -2.56. The number of hydrogen-bond acceptors (Lipinski definition) is 2. The van der Waals surface area contributed by atoms with Gasteiger partial charge in [0, 0.05) is 12.5 Å². The first kappa shape index (κ1) is 9.65. The van der Waals surface area contributed by atoms with Gasteiger partial charge in [-0.2, -0.15) is 4.39 Å². The summed E-state index contributed by atoms with van der Waals surface area (Å²) in [5.41, 5.74) is 0.195. The number of rotatable bonds is 2. The zero-order chi connectivity index (χ0) is 10.3. The molecule has 0 aromatic rings. The van der Waals surface area contributed by atoms with Crippen molar-refractivity contribution in [1.29, 1.82) is 0 Å². The van der Waals surface area contributed by atoms with E-state index in [1.807, 2.05) is 0 Å². The maximum atomic E-state index is 13.2. The predicted molar refractivity (Wildman–Crippen MR) is 47.5 cm³/mol. The van der Waals surface area contributed by atoms with Crippen molar-refractivity contribution in [3.63, 3.8) is 0 Å². The van der Waals surface area contributed by atoms with Crippen LogP contribution in [-0.4, -0.2) is 24.3 Å². The highest BCUT2D eigenvalue weighted by Crippen LogP contribution is 2.61. The molecule has 0 aromatic carbocycles. The van der Waals surface area contributed by atoms with Gasteiger partial charge in [-0.3, -0.25) is 0 Å². The van der Waals surface area contributed by atoms with E-state index in [4.69, 9.17) is 9.84 Å². The number of methoxy groups -OCH3 is 1. The monoisotopic (exact) mass is 200 g/mol. The van der Waals surface area contributed by atoms with Crippen LogP contribution >= 0.6 is 0 Å². The second-order valence-electron chi connectivity index (χ2n) is 4.04. The molecule has 4 heteroatoms. The fraction of sp³-hybridized carbons (Fsp3) is 0.700. The van der Waals surface area contributed by atoms with E-state index in [9.17, 15) is 9.18 Å². The van der Waals surface area contributed by atoms with Crippen molar-refractivity contribution in [3.05, 3.63) is 11.4 Å². The molecule has 2 fully saturated rings. The minimum atomic E-state index is -1.44. The standard InChI is InChI=1S/C10H13FO3/c1-14-7-5-6(8(11)9(12)13)10(7)3-2-4-10/h7H,2-5H2,1H3,(H,12,13)/b8-6+. The Labute approximate surface area is 81.6 Å². The molecule has 0 aromatic heterocycles. The Balaban J connectivity index is 2.25. The number of halogens is 1. The van der Waals surface area contributed by atoms with Crippen LogP contribution in [0.1, 0.15) is 25.7 Å². The van der Waals surface area contributed by atoms with Gasteiger partial charge in [0.05, 0.1) is 6.10 Å². The van der Waals surface area contributed by atoms with Gasteiger partial charge in [0.25, 0.3) is 0 Å². The number of carboxylic acid groups (broad SMARTS) is 1. The molecule has 1 spiro atoms. The maximum Gasteiger partial charge on any atom is 0.364 e. The molecule has 0 heterocycles. The summed E-state index contributed by atoms with van der Waals surface area (Å²) >= 11 is 0. The lowest BCUT2D eigenvalue weighted by Crippen LogP contribution is -2.53. The summed E-state index contributed by atoms with van der Waals surface area (Å²) in [6.07, 6.45) is 3.23. The average Bonchev–Trinajstić information content (AvgIpc) is 1.99. The highest BCUT2D eigenvalue weighted by atomic mass is 19.1. The molecule has 78 valence electrons. The molecule has 0 radical (unpaired) electrons. The van der Waals surface area contributed by atoms with E-state index in [2.05, 4.69) is 0 Å². The number of ether oxygens (including phenoxy) is 1. The summed E-state index contributed by atoms with van der Waals surface area (Å²) in [6.45, 7) is 0. The Kier molecular flexibility index (Phi) is 2.10. The van der Waals surface area contributed by atoms with E-state index in [1.165, 1.54) is 0 Å². The predicted octanol–water partition coefficient (Wildman–Crippen LogP) is 1.88. The van der Waals surface area contributed by atoms with Crippen molar-refractivity contribution < 1.29 is 19.0 Å². The van der Waals surface area contributed by atoms with Crippen LogP contribution in [0.3, 0.4) is 0 Å². The van der Waals surface area contributed by atoms with Gasteiger partial charge in [0.1, 0.15) is 0 Å². The fourth-order valence-electron chi connectivity index (χ4n) is 2.57. The van der Waals surface area contributed by atoms with Gasteiger partial charge in [0.2, 0.25) is 5.83 Å². The van der Waals surface area contributed by atoms with Crippen molar-refractivity contribution in [2.45, 2.75) is 31.8 Å². The van der Waals surface area contributed by atoms with Gasteiger partial charge in [-0.1, -0.05) is 6.42 Å². The van der Waals surface area contributed by atoms with E-state index >= 15 is 0 Å². The van der Waals surface area contributed by atoms with Gasteiger partial charge >= 0.3 is 5.97 Å². The van der Waals surface area contributed by atoms with E-state index < -0.39 is 11.8 Å². The first-order chi connectivity index (χ1) is 6.62. The molecule has 0 aliphatic heterocycles. The largest absolute Gasteiger partial charge is 0.476 e. The van der Waals surface area contributed by atoms with Crippen molar-refractivity contribution in [1.82, 2.24) is 0 Å². The number of carboxylic acids is 1. The topological polar surface area (TPSA) is 46.5 Å². The Bertz CT molecular complexity index is 304. The van der Waals surface area contributed by atoms with Crippen LogP contribution in [0.4, 0.5) is 4.39 Å². The molecular weight excluding hydrogens is 187 g/mol. The highest BCUT2D eigenvalue weighted by molar-refractivity contribution is 5.85. The highest BCUT2D eigenvalue weighted by Gasteiger charge is 2.57. The van der Waals surface area contributed by atoms with E-state index in [0.717, 1.165) is 19.3 Å². The lowest BCUT2D eigenvalue weighted by molar-refractivity contribution is -0.136. The van der Waals surface area contributed by atoms with Crippen LogP contribution in [0.25, 0.3) is 0 Å². The summed E-state index contributed by atoms with van der Waals surface area (Å²) < 4.78 is 18.4. The fourth-order valence-corrected chi connectivity index (χ4v) is 2.57. The van der Waals surface area contributed by atoms with Gasteiger partial charge in [-0.25, -0.2) is 4.79 Å². The first-order valence-corrected chi connectivity index (χ1v) is 4.77. The van der Waals surface area contributed by atoms with Gasteiger partial charge < -0.3 is 9.84 Å². The normalized spacial score (nSPS) is 32.0. The molecule has 0 amide bonds. The second kappa shape index (κ2) is 3.05. The molecule has 1 N–H and O–H groups in total. The van der Waals surface area contributed by atoms with Crippen LogP contribution < -0.4 is 0 Å². The van der Waals surface area contributed by atoms with Crippen LogP contribution in [0.15, 0.2) is 11.4 Å². The molecule has 2 aliphatic carbocycles. The van der Waals surface area contributed by atoms with Gasteiger partial charge in [-0.05, 0) is 24.8 Å². The van der Waals surface area contributed by atoms with E-state index in [1.54, 1.807) is 7.11 Å². The van der Waals surface area contributed by atoms with Crippen molar-refractivity contribution in [2.75, 3.05) is 7.11 Å². The summed E-state index contributed by atoms with van der Waals surface area (Å²) in [6, 6.07) is 0.